The summed E-state index contributed by atoms with van der Waals surface area (Å²) in [5, 5.41) is 4.81. The van der Waals surface area contributed by atoms with Crippen molar-refractivity contribution < 1.29 is 4.79 Å². The number of carbonyl (C=O) groups is 1. The zero-order valence-electron chi connectivity index (χ0n) is 14.1. The van der Waals surface area contributed by atoms with E-state index in [9.17, 15) is 4.79 Å². The van der Waals surface area contributed by atoms with Crippen LogP contribution in [0.1, 0.15) is 33.4 Å². The highest BCUT2D eigenvalue weighted by atomic mass is 32.1. The number of thiazole rings is 1. The van der Waals surface area contributed by atoms with E-state index in [2.05, 4.69) is 43.1 Å². The Balaban J connectivity index is 1.82. The van der Waals surface area contributed by atoms with E-state index in [1.165, 1.54) is 27.3 Å². The molecule has 124 valence electrons. The van der Waals surface area contributed by atoms with Gasteiger partial charge in [-0.1, -0.05) is 29.8 Å². The van der Waals surface area contributed by atoms with Crippen molar-refractivity contribution in [3.63, 3.8) is 0 Å². The summed E-state index contributed by atoms with van der Waals surface area (Å²) in [5.74, 6) is -0.00170. The van der Waals surface area contributed by atoms with Crippen molar-refractivity contribution >= 4 is 28.6 Å². The standard InChI is InChI=1S/C19H20N2OS2/c1-4-21(11-15-6-5-9-23-15)19(22)17-12-24-18(20-17)16-8-7-13(2)10-14(16)3/h5-10,12H,4,11H2,1-3H3. The van der Waals surface area contributed by atoms with Gasteiger partial charge in [-0.15, -0.1) is 22.7 Å². The van der Waals surface area contributed by atoms with Crippen LogP contribution in [0, 0.1) is 13.8 Å². The predicted molar refractivity (Wildman–Crippen MR) is 102 cm³/mol. The number of benzene rings is 1. The molecule has 0 aliphatic carbocycles. The second-order valence-corrected chi connectivity index (χ2v) is 7.65. The lowest BCUT2D eigenvalue weighted by molar-refractivity contribution is 0.0749. The third-order valence-electron chi connectivity index (χ3n) is 3.93. The second kappa shape index (κ2) is 7.28. The van der Waals surface area contributed by atoms with Gasteiger partial charge in [0.15, 0.2) is 0 Å². The summed E-state index contributed by atoms with van der Waals surface area (Å²) in [4.78, 5) is 20.4. The van der Waals surface area contributed by atoms with Crippen LogP contribution in [0.2, 0.25) is 0 Å². The molecule has 1 amide bonds. The molecule has 3 aromatic rings. The first-order valence-electron chi connectivity index (χ1n) is 7.93. The van der Waals surface area contributed by atoms with Gasteiger partial charge < -0.3 is 4.90 Å². The molecule has 0 saturated heterocycles. The van der Waals surface area contributed by atoms with Crippen molar-refractivity contribution in [2.45, 2.75) is 27.3 Å². The lowest BCUT2D eigenvalue weighted by Gasteiger charge is -2.18. The van der Waals surface area contributed by atoms with Crippen LogP contribution < -0.4 is 0 Å². The van der Waals surface area contributed by atoms with Crippen molar-refractivity contribution in [1.82, 2.24) is 9.88 Å². The average Bonchev–Trinajstić information content (AvgIpc) is 3.23. The Labute approximate surface area is 150 Å². The normalized spacial score (nSPS) is 10.8. The van der Waals surface area contributed by atoms with E-state index in [1.807, 2.05) is 28.7 Å². The molecular weight excluding hydrogens is 336 g/mol. The van der Waals surface area contributed by atoms with E-state index in [4.69, 9.17) is 0 Å². The highest BCUT2D eigenvalue weighted by molar-refractivity contribution is 7.13. The topological polar surface area (TPSA) is 33.2 Å². The van der Waals surface area contributed by atoms with Crippen LogP contribution in [0.4, 0.5) is 0 Å². The number of aryl methyl sites for hydroxylation is 2. The van der Waals surface area contributed by atoms with Gasteiger partial charge in [0, 0.05) is 22.4 Å². The molecule has 3 rings (SSSR count). The number of nitrogens with zero attached hydrogens (tertiary/aromatic N) is 2. The summed E-state index contributed by atoms with van der Waals surface area (Å²) < 4.78 is 0. The minimum atomic E-state index is -0.00170. The lowest BCUT2D eigenvalue weighted by Crippen LogP contribution is -2.30. The van der Waals surface area contributed by atoms with Crippen molar-refractivity contribution in [2.24, 2.45) is 0 Å². The van der Waals surface area contributed by atoms with Crippen LogP contribution in [0.5, 0.6) is 0 Å². The zero-order valence-corrected chi connectivity index (χ0v) is 15.7. The molecule has 0 fully saturated rings. The maximum Gasteiger partial charge on any atom is 0.273 e. The number of thiophene rings is 1. The SMILES string of the molecule is CCN(Cc1cccs1)C(=O)c1csc(-c2ccc(C)cc2C)n1. The molecule has 5 heteroatoms. The largest absolute Gasteiger partial charge is 0.332 e. The Hall–Kier alpha value is -1.98. The molecule has 0 bridgehead atoms. The van der Waals surface area contributed by atoms with Gasteiger partial charge in [-0.25, -0.2) is 4.98 Å². The molecule has 0 atom stereocenters. The van der Waals surface area contributed by atoms with Gasteiger partial charge in [-0.3, -0.25) is 4.79 Å². The molecule has 0 aliphatic rings. The molecule has 2 heterocycles. The van der Waals surface area contributed by atoms with Gasteiger partial charge in [0.25, 0.3) is 5.91 Å². The molecule has 3 nitrogen and oxygen atoms in total. The fourth-order valence-electron chi connectivity index (χ4n) is 2.63. The van der Waals surface area contributed by atoms with Gasteiger partial charge in [0.1, 0.15) is 10.7 Å². The number of aromatic nitrogens is 1. The molecule has 0 aliphatic heterocycles. The van der Waals surface area contributed by atoms with Crippen molar-refractivity contribution in [2.75, 3.05) is 6.54 Å². The molecule has 24 heavy (non-hydrogen) atoms. The first kappa shape index (κ1) is 16.9. The minimum Gasteiger partial charge on any atom is -0.332 e. The van der Waals surface area contributed by atoms with Crippen molar-refractivity contribution in [1.29, 1.82) is 0 Å². The quantitative estimate of drug-likeness (QED) is 0.633. The third-order valence-corrected chi connectivity index (χ3v) is 5.67. The van der Waals surface area contributed by atoms with Crippen LogP contribution in [0.3, 0.4) is 0 Å². The van der Waals surface area contributed by atoms with Gasteiger partial charge in [0.05, 0.1) is 6.54 Å². The van der Waals surface area contributed by atoms with E-state index >= 15 is 0 Å². The summed E-state index contributed by atoms with van der Waals surface area (Å²) in [7, 11) is 0. The third kappa shape index (κ3) is 3.57. The number of rotatable bonds is 5. The predicted octanol–water partition coefficient (Wildman–Crippen LogP) is 5.15. The van der Waals surface area contributed by atoms with Crippen molar-refractivity contribution in [3.8, 4) is 10.6 Å². The second-order valence-electron chi connectivity index (χ2n) is 5.75. The van der Waals surface area contributed by atoms with Crippen LogP contribution in [-0.4, -0.2) is 22.3 Å². The molecule has 0 N–H and O–H groups in total. The molecule has 0 unspecified atom stereocenters. The smallest absolute Gasteiger partial charge is 0.273 e. The summed E-state index contributed by atoms with van der Waals surface area (Å²) >= 11 is 3.20. The van der Waals surface area contributed by atoms with E-state index in [0.717, 1.165) is 10.6 Å². The fourth-order valence-corrected chi connectivity index (χ4v) is 4.23. The maximum atomic E-state index is 12.8. The van der Waals surface area contributed by atoms with Gasteiger partial charge in [0.2, 0.25) is 0 Å². The van der Waals surface area contributed by atoms with E-state index in [1.54, 1.807) is 11.3 Å². The summed E-state index contributed by atoms with van der Waals surface area (Å²) in [6, 6.07) is 10.4. The lowest BCUT2D eigenvalue weighted by atomic mass is 10.1. The maximum absolute atomic E-state index is 12.8. The van der Waals surface area contributed by atoms with Crippen LogP contribution in [0.25, 0.3) is 10.6 Å². The zero-order chi connectivity index (χ0) is 17.1. The number of amides is 1. The highest BCUT2D eigenvalue weighted by Crippen LogP contribution is 2.28. The first-order valence-corrected chi connectivity index (χ1v) is 9.69. The molecule has 0 spiro atoms. The van der Waals surface area contributed by atoms with Gasteiger partial charge >= 0.3 is 0 Å². The summed E-state index contributed by atoms with van der Waals surface area (Å²) in [6.07, 6.45) is 0. The Kier molecular flexibility index (Phi) is 5.11. The van der Waals surface area contributed by atoms with E-state index < -0.39 is 0 Å². The van der Waals surface area contributed by atoms with Gasteiger partial charge in [-0.2, -0.15) is 0 Å². The van der Waals surface area contributed by atoms with Gasteiger partial charge in [-0.05, 0) is 37.8 Å². The molecule has 2 aromatic heterocycles. The highest BCUT2D eigenvalue weighted by Gasteiger charge is 2.19. The molecule has 0 radical (unpaired) electrons. The first-order chi connectivity index (χ1) is 11.6. The van der Waals surface area contributed by atoms with Crippen molar-refractivity contribution in [3.05, 3.63) is 62.8 Å². The fraction of sp³-hybridized carbons (Fsp3) is 0.263. The average molecular weight is 357 g/mol. The molecule has 0 saturated carbocycles. The minimum absolute atomic E-state index is 0.00170. The number of hydrogen-bond donors (Lipinski definition) is 0. The Morgan fingerprint density at radius 3 is 2.71 bits per heavy atom. The Morgan fingerprint density at radius 2 is 2.04 bits per heavy atom. The summed E-state index contributed by atoms with van der Waals surface area (Å²) in [6.45, 7) is 7.48. The Morgan fingerprint density at radius 1 is 1.21 bits per heavy atom. The van der Waals surface area contributed by atoms with Crippen LogP contribution in [0.15, 0.2) is 41.1 Å². The number of carbonyl (C=O) groups excluding carboxylic acids is 1. The van der Waals surface area contributed by atoms with E-state index in [-0.39, 0.29) is 5.91 Å². The van der Waals surface area contributed by atoms with E-state index in [0.29, 0.717) is 18.8 Å². The van der Waals surface area contributed by atoms with Crippen LogP contribution >= 0.6 is 22.7 Å². The van der Waals surface area contributed by atoms with Crippen LogP contribution in [-0.2, 0) is 6.54 Å². The Bertz CT molecular complexity index is 837. The summed E-state index contributed by atoms with van der Waals surface area (Å²) in [5.41, 5.74) is 4.06. The monoisotopic (exact) mass is 356 g/mol. The molecular formula is C19H20N2OS2. The number of hydrogen-bond acceptors (Lipinski definition) is 4. The molecule has 1 aromatic carbocycles.